The third-order valence-electron chi connectivity index (χ3n) is 4.20. The van der Waals surface area contributed by atoms with E-state index < -0.39 is 18.5 Å². The second kappa shape index (κ2) is 8.05. The lowest BCUT2D eigenvalue weighted by molar-refractivity contribution is 0.119. The fourth-order valence-corrected chi connectivity index (χ4v) is 3.37. The molecule has 1 aromatic carbocycles. The molecule has 1 aromatic heterocycles. The SMILES string of the molecule is O=c1cc(N2CCN(Cc3cccc(Br)c3)CC2)cnn1CC(F)F. The van der Waals surface area contributed by atoms with Crippen molar-refractivity contribution in [2.45, 2.75) is 19.5 Å². The quantitative estimate of drug-likeness (QED) is 0.756. The Balaban J connectivity index is 1.58. The Morgan fingerprint density at radius 3 is 2.56 bits per heavy atom. The molecule has 3 rings (SSSR count). The molecule has 0 amide bonds. The summed E-state index contributed by atoms with van der Waals surface area (Å²) in [7, 11) is 0. The van der Waals surface area contributed by atoms with Crippen molar-refractivity contribution in [1.29, 1.82) is 0 Å². The number of piperazine rings is 1. The average Bonchev–Trinajstić information content (AvgIpc) is 2.57. The summed E-state index contributed by atoms with van der Waals surface area (Å²) in [6.45, 7) is 3.49. The molecule has 2 heterocycles. The minimum Gasteiger partial charge on any atom is -0.368 e. The molecule has 134 valence electrons. The van der Waals surface area contributed by atoms with Crippen LogP contribution in [-0.4, -0.2) is 47.3 Å². The molecule has 2 aromatic rings. The lowest BCUT2D eigenvalue weighted by Crippen LogP contribution is -2.46. The van der Waals surface area contributed by atoms with Crippen molar-refractivity contribution < 1.29 is 8.78 Å². The van der Waals surface area contributed by atoms with E-state index in [1.165, 1.54) is 17.8 Å². The van der Waals surface area contributed by atoms with Gasteiger partial charge in [-0.1, -0.05) is 28.1 Å². The summed E-state index contributed by atoms with van der Waals surface area (Å²) in [6, 6.07) is 9.63. The van der Waals surface area contributed by atoms with Gasteiger partial charge in [0.1, 0.15) is 6.54 Å². The summed E-state index contributed by atoms with van der Waals surface area (Å²) < 4.78 is 26.6. The van der Waals surface area contributed by atoms with E-state index in [-0.39, 0.29) is 0 Å². The van der Waals surface area contributed by atoms with Gasteiger partial charge in [0.15, 0.2) is 0 Å². The number of nitrogens with zero attached hydrogens (tertiary/aromatic N) is 4. The van der Waals surface area contributed by atoms with Crippen LogP contribution in [0.2, 0.25) is 0 Å². The van der Waals surface area contributed by atoms with Crippen LogP contribution < -0.4 is 10.5 Å². The predicted octanol–water partition coefficient (Wildman–Crippen LogP) is 2.59. The van der Waals surface area contributed by atoms with E-state index in [1.807, 2.05) is 12.1 Å². The van der Waals surface area contributed by atoms with Crippen LogP contribution in [0.25, 0.3) is 0 Å². The predicted molar refractivity (Wildman–Crippen MR) is 96.1 cm³/mol. The number of alkyl halides is 2. The average molecular weight is 413 g/mol. The number of hydrogen-bond acceptors (Lipinski definition) is 4. The van der Waals surface area contributed by atoms with Gasteiger partial charge < -0.3 is 4.90 Å². The van der Waals surface area contributed by atoms with E-state index in [0.717, 1.165) is 41.9 Å². The van der Waals surface area contributed by atoms with Crippen LogP contribution in [0.5, 0.6) is 0 Å². The first-order valence-electron chi connectivity index (χ1n) is 8.08. The summed E-state index contributed by atoms with van der Waals surface area (Å²) in [5.41, 5.74) is 1.45. The Kier molecular flexibility index (Phi) is 5.80. The highest BCUT2D eigenvalue weighted by Crippen LogP contribution is 2.17. The molecule has 0 N–H and O–H groups in total. The summed E-state index contributed by atoms with van der Waals surface area (Å²) in [5.74, 6) is 0. The van der Waals surface area contributed by atoms with E-state index >= 15 is 0 Å². The topological polar surface area (TPSA) is 41.4 Å². The van der Waals surface area contributed by atoms with E-state index in [2.05, 4.69) is 43.0 Å². The summed E-state index contributed by atoms with van der Waals surface area (Å²) >= 11 is 3.48. The normalized spacial score (nSPS) is 15.8. The van der Waals surface area contributed by atoms with E-state index in [4.69, 9.17) is 0 Å². The molecule has 1 aliphatic rings. The fourth-order valence-electron chi connectivity index (χ4n) is 2.92. The van der Waals surface area contributed by atoms with Crippen LogP contribution in [0.15, 0.2) is 45.8 Å². The Morgan fingerprint density at radius 1 is 1.16 bits per heavy atom. The Labute approximate surface area is 153 Å². The van der Waals surface area contributed by atoms with Gasteiger partial charge in [0.2, 0.25) is 0 Å². The Bertz CT molecular complexity index is 775. The molecule has 8 heteroatoms. The maximum absolute atomic E-state index is 12.4. The van der Waals surface area contributed by atoms with E-state index in [9.17, 15) is 13.6 Å². The zero-order valence-electron chi connectivity index (χ0n) is 13.6. The van der Waals surface area contributed by atoms with Gasteiger partial charge in [-0.2, -0.15) is 5.10 Å². The summed E-state index contributed by atoms with van der Waals surface area (Å²) in [4.78, 5) is 16.3. The lowest BCUT2D eigenvalue weighted by Gasteiger charge is -2.35. The van der Waals surface area contributed by atoms with Crippen LogP contribution in [0.4, 0.5) is 14.5 Å². The van der Waals surface area contributed by atoms with Gasteiger partial charge in [0.05, 0.1) is 11.9 Å². The summed E-state index contributed by atoms with van der Waals surface area (Å²) in [6.07, 6.45) is -1.09. The molecule has 0 atom stereocenters. The molecule has 0 bridgehead atoms. The Morgan fingerprint density at radius 2 is 1.92 bits per heavy atom. The first-order valence-corrected chi connectivity index (χ1v) is 8.87. The number of benzene rings is 1. The number of rotatable bonds is 5. The molecule has 0 aliphatic carbocycles. The van der Waals surface area contributed by atoms with Crippen LogP contribution in [0.1, 0.15) is 5.56 Å². The van der Waals surface area contributed by atoms with Crippen molar-refractivity contribution in [1.82, 2.24) is 14.7 Å². The van der Waals surface area contributed by atoms with Crippen molar-refractivity contribution in [2.75, 3.05) is 31.1 Å². The molecule has 1 saturated heterocycles. The number of hydrogen-bond donors (Lipinski definition) is 0. The molecular weight excluding hydrogens is 394 g/mol. The van der Waals surface area contributed by atoms with Gasteiger partial charge in [0, 0.05) is 43.3 Å². The maximum atomic E-state index is 12.4. The zero-order chi connectivity index (χ0) is 17.8. The molecule has 0 saturated carbocycles. The van der Waals surface area contributed by atoms with E-state index in [0.29, 0.717) is 5.69 Å². The monoisotopic (exact) mass is 412 g/mol. The highest BCUT2D eigenvalue weighted by atomic mass is 79.9. The highest BCUT2D eigenvalue weighted by molar-refractivity contribution is 9.10. The van der Waals surface area contributed by atoms with Gasteiger partial charge in [-0.25, -0.2) is 13.5 Å². The standard InChI is InChI=1S/C17H19BrF2N4O/c18-14-3-1-2-13(8-14)11-22-4-6-23(7-5-22)15-9-17(25)24(21-10-15)12-16(19)20/h1-3,8-10,16H,4-7,11-12H2. The fraction of sp³-hybridized carbons (Fsp3) is 0.412. The van der Waals surface area contributed by atoms with Crippen molar-refractivity contribution in [2.24, 2.45) is 0 Å². The minimum atomic E-state index is -2.59. The van der Waals surface area contributed by atoms with Gasteiger partial charge >= 0.3 is 0 Å². The lowest BCUT2D eigenvalue weighted by atomic mass is 10.2. The van der Waals surface area contributed by atoms with Crippen molar-refractivity contribution in [3.8, 4) is 0 Å². The third kappa shape index (κ3) is 4.85. The maximum Gasteiger partial charge on any atom is 0.269 e. The van der Waals surface area contributed by atoms with Gasteiger partial charge in [-0.3, -0.25) is 9.69 Å². The largest absolute Gasteiger partial charge is 0.368 e. The molecule has 1 aliphatic heterocycles. The van der Waals surface area contributed by atoms with Crippen LogP contribution in [0.3, 0.4) is 0 Å². The molecule has 5 nitrogen and oxygen atoms in total. The van der Waals surface area contributed by atoms with Crippen molar-refractivity contribution in [3.05, 3.63) is 56.9 Å². The zero-order valence-corrected chi connectivity index (χ0v) is 15.2. The highest BCUT2D eigenvalue weighted by Gasteiger charge is 2.18. The number of aromatic nitrogens is 2. The van der Waals surface area contributed by atoms with Gasteiger partial charge in [-0.05, 0) is 17.7 Å². The van der Waals surface area contributed by atoms with Crippen molar-refractivity contribution in [3.63, 3.8) is 0 Å². The van der Waals surface area contributed by atoms with E-state index in [1.54, 1.807) is 0 Å². The van der Waals surface area contributed by atoms with Crippen LogP contribution in [-0.2, 0) is 13.1 Å². The third-order valence-corrected chi connectivity index (χ3v) is 4.69. The van der Waals surface area contributed by atoms with Gasteiger partial charge in [0.25, 0.3) is 12.0 Å². The first-order chi connectivity index (χ1) is 12.0. The van der Waals surface area contributed by atoms with Crippen LogP contribution >= 0.6 is 15.9 Å². The molecular formula is C17H19BrF2N4O. The number of anilines is 1. The molecule has 0 radical (unpaired) electrons. The summed E-state index contributed by atoms with van der Waals surface area (Å²) in [5, 5.41) is 3.85. The second-order valence-electron chi connectivity index (χ2n) is 6.02. The van der Waals surface area contributed by atoms with Gasteiger partial charge in [-0.15, -0.1) is 0 Å². The molecule has 25 heavy (non-hydrogen) atoms. The molecule has 1 fully saturated rings. The smallest absolute Gasteiger partial charge is 0.269 e. The second-order valence-corrected chi connectivity index (χ2v) is 6.93. The van der Waals surface area contributed by atoms with Crippen molar-refractivity contribution >= 4 is 21.6 Å². The number of halogens is 3. The minimum absolute atomic E-state index is 0.491. The first kappa shape index (κ1) is 18.0. The molecule has 0 unspecified atom stereocenters. The van der Waals surface area contributed by atoms with Crippen LogP contribution in [0, 0.1) is 0 Å². The Hall–Kier alpha value is -1.80. The molecule has 0 spiro atoms.